The van der Waals surface area contributed by atoms with Crippen LogP contribution in [0.2, 0.25) is 4.34 Å². The van der Waals surface area contributed by atoms with Crippen LogP contribution in [0.5, 0.6) is 0 Å². The predicted octanol–water partition coefficient (Wildman–Crippen LogP) is 16.0. The summed E-state index contributed by atoms with van der Waals surface area (Å²) in [4.78, 5) is 74.1. The molecule has 13 rings (SSSR count). The number of oxime groups is 1. The number of benzene rings is 8. The number of halogens is 2. The third-order valence-electron chi connectivity index (χ3n) is 15.2. The first-order valence-electron chi connectivity index (χ1n) is 27.8. The molecule has 1 saturated heterocycles. The fourth-order valence-electron chi connectivity index (χ4n) is 11.1. The lowest BCUT2D eigenvalue weighted by molar-refractivity contribution is -0.154. The van der Waals surface area contributed by atoms with Crippen molar-refractivity contribution in [3.63, 3.8) is 0 Å². The molecule has 0 bridgehead atoms. The lowest BCUT2D eigenvalue weighted by Crippen LogP contribution is -2.71. The number of hydrogen-bond acceptors (Lipinski definition) is 14. The first-order valence-corrected chi connectivity index (χ1v) is 33.4. The van der Waals surface area contributed by atoms with E-state index in [2.05, 4.69) is 26.6 Å². The molecular weight excluding hydrogens is 1280 g/mol. The van der Waals surface area contributed by atoms with E-state index in [9.17, 15) is 4.79 Å². The van der Waals surface area contributed by atoms with E-state index in [1.54, 1.807) is 0 Å². The van der Waals surface area contributed by atoms with Crippen LogP contribution in [0.15, 0.2) is 283 Å². The number of nitrogens with zero attached hydrogens (tertiary/aromatic N) is 3. The number of nitrogens with one attached hydrogen (secondary N) is 2. The first-order chi connectivity index (χ1) is 43.1. The Bertz CT molecular complexity index is 4220. The number of anilines is 1. The van der Waals surface area contributed by atoms with Crippen molar-refractivity contribution in [1.82, 2.24) is 15.2 Å². The molecule has 2 aliphatic heterocycles. The number of esters is 1. The summed E-state index contributed by atoms with van der Waals surface area (Å²) in [6, 6.07) is 78.4. The van der Waals surface area contributed by atoms with Crippen molar-refractivity contribution in [2.45, 2.75) is 32.9 Å². The molecule has 3 aromatic heterocycles. The van der Waals surface area contributed by atoms with Crippen LogP contribution in [-0.4, -0.2) is 50.5 Å². The molecule has 11 aromatic rings. The highest BCUT2D eigenvalue weighted by atomic mass is 79.9. The predicted molar refractivity (Wildman–Crippen MR) is 359 cm³/mol. The standard InChI is InChI=1S/C70H49BrClN5O6S5/c71-54-59(78)61-52(41-42-84-61)86-67(54)87-53-43-85-65-57(64(80)77(65)58(53)66(81)82-60(44-25-9-1-10-26-44)45-27-11-2-12-28-45)73-63(79)56(76-83-70(49-35-19-6-20-36-49,50-37-21-7-22-38-50)51-39-23-8-24-40-51)55-62(72)88-68(74-55)75-69(46-29-13-3-14-30-46,47-31-15-4-16-32-47)48-33-17-5-18-34-48/h1-42,57,60,65H,43H2,(H,73,79)(H,74,75)/t57?,65-/m0/s1. The molecule has 8 aromatic carbocycles. The van der Waals surface area contributed by atoms with E-state index in [1.165, 1.54) is 51.1 Å². The molecular formula is C70H49BrClN5O6S5. The second-order valence-corrected chi connectivity index (χ2v) is 27.2. The molecule has 0 radical (unpaired) electrons. The van der Waals surface area contributed by atoms with Crippen molar-refractivity contribution in [2.24, 2.45) is 5.16 Å². The van der Waals surface area contributed by atoms with Gasteiger partial charge in [-0.15, -0.1) is 34.4 Å². The van der Waals surface area contributed by atoms with Gasteiger partial charge in [0.2, 0.25) is 11.0 Å². The second kappa shape index (κ2) is 25.7. The Balaban J connectivity index is 0.914. The quantitative estimate of drug-likeness (QED) is 0.0264. The Morgan fingerprint density at radius 1 is 0.648 bits per heavy atom. The van der Waals surface area contributed by atoms with Gasteiger partial charge in [0, 0.05) is 27.3 Å². The summed E-state index contributed by atoms with van der Waals surface area (Å²) in [5.74, 6) is -1.95. The summed E-state index contributed by atoms with van der Waals surface area (Å²) < 4.78 is 9.01. The van der Waals surface area contributed by atoms with E-state index in [0.29, 0.717) is 40.1 Å². The fourth-order valence-corrected chi connectivity index (χ4v) is 17.9. The molecule has 0 saturated carbocycles. The summed E-state index contributed by atoms with van der Waals surface area (Å²) in [6.45, 7) is 0. The van der Waals surface area contributed by atoms with Gasteiger partial charge >= 0.3 is 5.97 Å². The molecule has 2 amide bonds. The Hall–Kier alpha value is -8.39. The molecule has 1 unspecified atom stereocenters. The molecule has 2 N–H and O–H groups in total. The van der Waals surface area contributed by atoms with Crippen molar-refractivity contribution < 1.29 is 24.0 Å². The zero-order chi connectivity index (χ0) is 60.2. The second-order valence-electron chi connectivity index (χ2n) is 20.4. The van der Waals surface area contributed by atoms with Gasteiger partial charge in [0.1, 0.15) is 32.7 Å². The van der Waals surface area contributed by atoms with Crippen LogP contribution in [0.3, 0.4) is 0 Å². The number of ether oxygens (including phenoxy) is 1. The molecule has 88 heavy (non-hydrogen) atoms. The van der Waals surface area contributed by atoms with E-state index in [-0.39, 0.29) is 32.6 Å². The Labute approximate surface area is 540 Å². The van der Waals surface area contributed by atoms with Gasteiger partial charge in [-0.3, -0.25) is 19.3 Å². The van der Waals surface area contributed by atoms with Crippen LogP contribution < -0.4 is 16.1 Å². The fraction of sp³-hybridized carbons (Fsp3) is 0.0857. The molecule has 0 aliphatic carbocycles. The number of thioether (sulfide) groups is 2. The monoisotopic (exact) mass is 1330 g/mol. The molecule has 18 heteroatoms. The van der Waals surface area contributed by atoms with Crippen LogP contribution >= 0.6 is 85.1 Å². The maximum Gasteiger partial charge on any atom is 0.356 e. The Morgan fingerprint density at radius 2 is 1.11 bits per heavy atom. The number of thiazole rings is 1. The number of hydrogen-bond donors (Lipinski definition) is 2. The van der Waals surface area contributed by atoms with Gasteiger partial charge in [0.15, 0.2) is 16.9 Å². The summed E-state index contributed by atoms with van der Waals surface area (Å²) in [6.07, 6.45) is -0.854. The van der Waals surface area contributed by atoms with Gasteiger partial charge < -0.3 is 20.2 Å². The van der Waals surface area contributed by atoms with E-state index >= 15 is 14.4 Å². The maximum absolute atomic E-state index is 15.8. The van der Waals surface area contributed by atoms with Gasteiger partial charge in [-0.1, -0.05) is 283 Å². The van der Waals surface area contributed by atoms with Crippen molar-refractivity contribution in [3.8, 4) is 0 Å². The molecule has 2 aliphatic rings. The van der Waals surface area contributed by atoms with Crippen LogP contribution in [0.1, 0.15) is 56.3 Å². The lowest BCUT2D eigenvalue weighted by Gasteiger charge is -2.49. The minimum absolute atomic E-state index is 0.00524. The molecule has 5 heterocycles. The number of β-lactam (4-membered cyclic amide) rings is 1. The minimum atomic E-state index is -1.45. The van der Waals surface area contributed by atoms with Gasteiger partial charge in [-0.25, -0.2) is 9.78 Å². The molecule has 434 valence electrons. The van der Waals surface area contributed by atoms with Crippen LogP contribution in [-0.2, 0) is 35.1 Å². The number of carbonyl (C=O) groups excluding carboxylic acids is 3. The average Bonchev–Trinajstić information content (AvgIpc) is 1.09. The highest BCUT2D eigenvalue weighted by Crippen LogP contribution is 2.50. The molecule has 0 spiro atoms. The van der Waals surface area contributed by atoms with E-state index < -0.39 is 46.4 Å². The zero-order valence-electron chi connectivity index (χ0n) is 46.3. The summed E-state index contributed by atoms with van der Waals surface area (Å²) in [5.41, 5.74) is 3.32. The first kappa shape index (κ1) is 58.6. The number of amides is 2. The van der Waals surface area contributed by atoms with E-state index in [0.717, 1.165) is 43.9 Å². The van der Waals surface area contributed by atoms with Crippen molar-refractivity contribution in [2.75, 3.05) is 11.1 Å². The van der Waals surface area contributed by atoms with Gasteiger partial charge in [-0.05, 0) is 55.2 Å². The van der Waals surface area contributed by atoms with Crippen molar-refractivity contribution in [1.29, 1.82) is 0 Å². The number of rotatable bonds is 19. The molecule has 1 fully saturated rings. The smallest absolute Gasteiger partial charge is 0.356 e. The Morgan fingerprint density at radius 3 is 1.60 bits per heavy atom. The molecule has 2 atom stereocenters. The third-order valence-corrected chi connectivity index (χ3v) is 22.6. The van der Waals surface area contributed by atoms with Crippen molar-refractivity contribution >= 4 is 123 Å². The minimum Gasteiger partial charge on any atom is -0.448 e. The van der Waals surface area contributed by atoms with Gasteiger partial charge in [0.05, 0.1) is 18.1 Å². The average molecular weight is 1330 g/mol. The van der Waals surface area contributed by atoms with Crippen LogP contribution in [0.25, 0.3) is 9.40 Å². The topological polar surface area (TPSA) is 139 Å². The third kappa shape index (κ3) is 11.2. The normalized spacial score (nSPS) is 15.1. The summed E-state index contributed by atoms with van der Waals surface area (Å²) in [7, 11) is 0. The number of carbonyl (C=O) groups is 3. The zero-order valence-corrected chi connectivity index (χ0v) is 52.7. The number of thiophene rings is 1. The number of fused-ring (bicyclic) bond motifs is 2. The summed E-state index contributed by atoms with van der Waals surface area (Å²) in [5, 5.41) is 13.1. The number of aromatic nitrogens is 1. The van der Waals surface area contributed by atoms with Crippen LogP contribution in [0.4, 0.5) is 5.13 Å². The maximum atomic E-state index is 15.8. The van der Waals surface area contributed by atoms with Gasteiger partial charge in [-0.2, -0.15) is 0 Å². The van der Waals surface area contributed by atoms with E-state index in [1.807, 2.05) is 254 Å². The summed E-state index contributed by atoms with van der Waals surface area (Å²) >= 11 is 17.5. The van der Waals surface area contributed by atoms with E-state index in [4.69, 9.17) is 31.3 Å². The SMILES string of the molecule is O=C(NC1C(=O)N2C(C(=O)OC(c3ccccc3)c3ccccc3)=C(Sc3sc4ccsc4c(=O)c3Br)CS[C@@H]12)C(=NOC(c1ccccc1)(c1ccccc1)c1ccccc1)c1nc(NC(c2ccccc2)(c2ccccc2)c2ccccc2)sc1Cl. The highest BCUT2D eigenvalue weighted by molar-refractivity contribution is 9.10. The lowest BCUT2D eigenvalue weighted by atomic mass is 9.77. The van der Waals surface area contributed by atoms with Gasteiger partial charge in [0.25, 0.3) is 11.8 Å². The largest absolute Gasteiger partial charge is 0.448 e. The highest BCUT2D eigenvalue weighted by Gasteiger charge is 2.56. The van der Waals surface area contributed by atoms with Crippen molar-refractivity contribution in [3.05, 3.63) is 334 Å². The Kier molecular flexibility index (Phi) is 17.2. The van der Waals surface area contributed by atoms with Crippen LogP contribution in [0, 0.1) is 0 Å². The molecule has 11 nitrogen and oxygen atoms in total.